The van der Waals surface area contributed by atoms with Gasteiger partial charge in [-0.2, -0.15) is 5.10 Å². The van der Waals surface area contributed by atoms with E-state index in [0.29, 0.717) is 12.1 Å². The molecule has 1 amide bonds. The van der Waals surface area contributed by atoms with Crippen molar-refractivity contribution in [1.82, 2.24) is 15.5 Å². The number of nitrogens with one attached hydrogen (secondary N) is 2. The number of nitrogens with zero attached hydrogens (tertiary/aromatic N) is 1. The van der Waals surface area contributed by atoms with Crippen molar-refractivity contribution in [3.63, 3.8) is 0 Å². The van der Waals surface area contributed by atoms with E-state index < -0.39 is 0 Å². The molecule has 0 saturated carbocycles. The number of phenols is 1. The fourth-order valence-electron chi connectivity index (χ4n) is 3.50. The first-order valence-corrected chi connectivity index (χ1v) is 10.0. The first kappa shape index (κ1) is 19.5. The van der Waals surface area contributed by atoms with Crippen molar-refractivity contribution < 1.29 is 9.90 Å². The number of unbranched alkanes of at least 4 members (excludes halogenated alkanes) is 1. The van der Waals surface area contributed by atoms with Crippen LogP contribution >= 0.6 is 0 Å². The predicted octanol–water partition coefficient (Wildman–Crippen LogP) is 4.27. The van der Waals surface area contributed by atoms with Crippen LogP contribution in [0.25, 0.3) is 22.0 Å². The zero-order chi connectivity index (χ0) is 20.9. The number of H-pyrrole nitrogens is 1. The van der Waals surface area contributed by atoms with Crippen molar-refractivity contribution in [2.24, 2.45) is 0 Å². The maximum absolute atomic E-state index is 12.1. The number of nitrogen functional groups attached to an aromatic ring is 1. The third-order valence-corrected chi connectivity index (χ3v) is 5.16. The molecule has 6 nitrogen and oxygen atoms in total. The second-order valence-electron chi connectivity index (χ2n) is 7.28. The van der Waals surface area contributed by atoms with Crippen molar-refractivity contribution in [3.05, 3.63) is 78.0 Å². The average Bonchev–Trinajstić information content (AvgIpc) is 3.16. The number of hydrogen-bond acceptors (Lipinski definition) is 4. The lowest BCUT2D eigenvalue weighted by Crippen LogP contribution is -2.24. The summed E-state index contributed by atoms with van der Waals surface area (Å²) in [7, 11) is 0. The number of phenolic OH excluding ortho intramolecular Hbond substituents is 1. The summed E-state index contributed by atoms with van der Waals surface area (Å²) in [6.45, 7) is 0.552. The Bertz CT molecular complexity index is 1170. The lowest BCUT2D eigenvalue weighted by atomic mass is 10.0. The summed E-state index contributed by atoms with van der Waals surface area (Å²) in [6.07, 6.45) is 2.56. The highest BCUT2D eigenvalue weighted by atomic mass is 16.3. The number of nitrogens with two attached hydrogens (primary N) is 1. The molecular formula is C24H24N4O2. The molecule has 0 aliphatic carbocycles. The average molecular weight is 400 g/mol. The Hall–Kier alpha value is -3.80. The number of aryl methyl sites for hydroxylation is 1. The zero-order valence-electron chi connectivity index (χ0n) is 16.6. The molecule has 0 aliphatic rings. The van der Waals surface area contributed by atoms with Crippen LogP contribution in [0.15, 0.2) is 66.7 Å². The highest BCUT2D eigenvalue weighted by Gasteiger charge is 2.10. The molecule has 3 aromatic carbocycles. The normalized spacial score (nSPS) is 10.9. The largest absolute Gasteiger partial charge is 0.507 e. The molecule has 0 fully saturated rings. The van der Waals surface area contributed by atoms with Crippen LogP contribution in [0.1, 0.15) is 28.9 Å². The van der Waals surface area contributed by atoms with Gasteiger partial charge in [0.25, 0.3) is 5.91 Å². The van der Waals surface area contributed by atoms with Gasteiger partial charge in [-0.25, -0.2) is 0 Å². The highest BCUT2D eigenvalue weighted by molar-refractivity contribution is 5.96. The minimum atomic E-state index is -0.256. The molecule has 0 saturated heterocycles. The lowest BCUT2D eigenvalue weighted by molar-refractivity contribution is 0.0950. The van der Waals surface area contributed by atoms with Crippen molar-refractivity contribution >= 4 is 22.5 Å². The van der Waals surface area contributed by atoms with Gasteiger partial charge in [-0.1, -0.05) is 36.4 Å². The topological polar surface area (TPSA) is 104 Å². The third-order valence-electron chi connectivity index (χ3n) is 5.16. The van der Waals surface area contributed by atoms with Crippen LogP contribution in [-0.2, 0) is 6.42 Å². The summed E-state index contributed by atoms with van der Waals surface area (Å²) < 4.78 is 0. The Morgan fingerprint density at radius 3 is 2.57 bits per heavy atom. The summed E-state index contributed by atoms with van der Waals surface area (Å²) in [5, 5.41) is 21.3. The van der Waals surface area contributed by atoms with Crippen LogP contribution < -0.4 is 11.1 Å². The molecule has 0 spiro atoms. The van der Waals surface area contributed by atoms with E-state index in [1.165, 1.54) is 6.07 Å². The van der Waals surface area contributed by atoms with E-state index in [1.54, 1.807) is 18.2 Å². The first-order chi connectivity index (χ1) is 14.6. The molecule has 1 heterocycles. The molecule has 0 aliphatic heterocycles. The van der Waals surface area contributed by atoms with E-state index >= 15 is 0 Å². The Morgan fingerprint density at radius 1 is 1.00 bits per heavy atom. The smallest absolute Gasteiger partial charge is 0.255 e. The van der Waals surface area contributed by atoms with E-state index in [2.05, 4.69) is 33.7 Å². The highest BCUT2D eigenvalue weighted by Crippen LogP contribution is 2.26. The molecule has 5 N–H and O–H groups in total. The van der Waals surface area contributed by atoms with E-state index in [9.17, 15) is 9.90 Å². The minimum absolute atomic E-state index is 0.00340. The summed E-state index contributed by atoms with van der Waals surface area (Å²) in [5.74, 6) is -0.259. The van der Waals surface area contributed by atoms with Crippen LogP contribution in [0.3, 0.4) is 0 Å². The molecule has 30 heavy (non-hydrogen) atoms. The molecule has 0 atom stereocenters. The molecule has 1 aromatic heterocycles. The van der Waals surface area contributed by atoms with Crippen LogP contribution in [0.5, 0.6) is 5.75 Å². The summed E-state index contributed by atoms with van der Waals surface area (Å²) >= 11 is 0. The van der Waals surface area contributed by atoms with E-state index in [1.807, 2.05) is 24.3 Å². The number of hydrogen-bond donors (Lipinski definition) is 4. The predicted molar refractivity (Wildman–Crippen MR) is 119 cm³/mol. The molecule has 6 heteroatoms. The van der Waals surface area contributed by atoms with Gasteiger partial charge in [0.05, 0.1) is 16.8 Å². The fourth-order valence-corrected chi connectivity index (χ4v) is 3.50. The van der Waals surface area contributed by atoms with Crippen LogP contribution in [0.2, 0.25) is 0 Å². The molecule has 0 bridgehead atoms. The Kier molecular flexibility index (Phi) is 5.66. The second kappa shape index (κ2) is 8.69. The number of carbonyl (C=O) groups excluding carboxylic acids is 1. The molecular weight excluding hydrogens is 376 g/mol. The first-order valence-electron chi connectivity index (χ1n) is 10.0. The van der Waals surface area contributed by atoms with Gasteiger partial charge in [0.2, 0.25) is 0 Å². The molecule has 0 unspecified atom stereocenters. The van der Waals surface area contributed by atoms with Gasteiger partial charge in [-0.15, -0.1) is 0 Å². The van der Waals surface area contributed by atoms with Gasteiger partial charge in [0.15, 0.2) is 0 Å². The summed E-state index contributed by atoms with van der Waals surface area (Å²) in [5.41, 5.74) is 11.1. The number of carbonyl (C=O) groups is 1. The Balaban J connectivity index is 1.32. The van der Waals surface area contributed by atoms with Crippen molar-refractivity contribution in [2.75, 3.05) is 12.3 Å². The van der Waals surface area contributed by atoms with Crippen molar-refractivity contribution in [2.45, 2.75) is 19.3 Å². The number of aromatic amines is 1. The number of fused-ring (bicyclic) bond motifs is 1. The summed E-state index contributed by atoms with van der Waals surface area (Å²) in [6, 6.07) is 20.7. The second-order valence-corrected chi connectivity index (χ2v) is 7.28. The number of aromatic hydroxyl groups is 1. The number of amides is 1. The number of anilines is 1. The molecule has 152 valence electrons. The lowest BCUT2D eigenvalue weighted by Gasteiger charge is -2.06. The number of benzene rings is 3. The molecule has 4 rings (SSSR count). The monoisotopic (exact) mass is 400 g/mol. The van der Waals surface area contributed by atoms with Gasteiger partial charge in [0, 0.05) is 17.6 Å². The molecule has 4 aromatic rings. The van der Waals surface area contributed by atoms with Crippen LogP contribution in [-0.4, -0.2) is 27.8 Å². The van der Waals surface area contributed by atoms with Crippen LogP contribution in [0, 0.1) is 0 Å². The maximum atomic E-state index is 12.1. The standard InChI is InChI=1S/C24H24N4O2/c25-18-11-8-16(9-12-18)17-10-13-19-21(27-28-22(19)15-17)6-3-4-14-26-24(30)20-5-1-2-7-23(20)29/h1-2,5,7-13,15,29H,3-4,6,14,25H2,(H,26,30)(H,27,28). The third kappa shape index (κ3) is 4.27. The van der Waals surface area contributed by atoms with E-state index in [0.717, 1.165) is 52.7 Å². The van der Waals surface area contributed by atoms with Crippen molar-refractivity contribution in [1.29, 1.82) is 0 Å². The quantitative estimate of drug-likeness (QED) is 0.275. The maximum Gasteiger partial charge on any atom is 0.255 e. The van der Waals surface area contributed by atoms with Gasteiger partial charge in [0.1, 0.15) is 5.75 Å². The number of aromatic nitrogens is 2. The number of para-hydroxylation sites is 1. The minimum Gasteiger partial charge on any atom is -0.507 e. The SMILES string of the molecule is Nc1ccc(-c2ccc3c(CCCCNC(=O)c4ccccc4O)n[nH]c3c2)cc1. The number of rotatable bonds is 7. The Morgan fingerprint density at radius 2 is 1.77 bits per heavy atom. The zero-order valence-corrected chi connectivity index (χ0v) is 16.6. The van der Waals surface area contributed by atoms with Gasteiger partial charge in [-0.05, 0) is 60.7 Å². The van der Waals surface area contributed by atoms with E-state index in [-0.39, 0.29) is 11.7 Å². The van der Waals surface area contributed by atoms with Gasteiger partial charge in [-0.3, -0.25) is 9.89 Å². The Labute approximate surface area is 174 Å². The summed E-state index contributed by atoms with van der Waals surface area (Å²) in [4.78, 5) is 12.1. The fraction of sp³-hybridized carbons (Fsp3) is 0.167. The van der Waals surface area contributed by atoms with Crippen LogP contribution in [0.4, 0.5) is 5.69 Å². The van der Waals surface area contributed by atoms with Gasteiger partial charge < -0.3 is 16.2 Å². The molecule has 0 radical (unpaired) electrons. The van der Waals surface area contributed by atoms with E-state index in [4.69, 9.17) is 5.73 Å². The van der Waals surface area contributed by atoms with Gasteiger partial charge >= 0.3 is 0 Å². The van der Waals surface area contributed by atoms with Crippen molar-refractivity contribution in [3.8, 4) is 16.9 Å².